The molecular weight excluding hydrogens is 502 g/mol. The predicted octanol–water partition coefficient (Wildman–Crippen LogP) is 4.94. The Bertz CT molecular complexity index is 1310. The van der Waals surface area contributed by atoms with Crippen molar-refractivity contribution in [1.82, 2.24) is 14.8 Å². The highest BCUT2D eigenvalue weighted by molar-refractivity contribution is 5.89. The van der Waals surface area contributed by atoms with E-state index in [1.807, 2.05) is 29.2 Å². The number of anilines is 1. The van der Waals surface area contributed by atoms with Gasteiger partial charge in [0.15, 0.2) is 0 Å². The SMILES string of the molecule is COCCCn1c(C2CCCN(C(=O)CC(N)Cc3ccc(NC(=O)NC4CC4)cc3)C2)c(C)c2ccccc21. The summed E-state index contributed by atoms with van der Waals surface area (Å²) in [5.41, 5.74) is 12.2. The van der Waals surface area contributed by atoms with Gasteiger partial charge >= 0.3 is 6.03 Å². The number of carbonyl (C=O) groups is 2. The number of benzene rings is 2. The van der Waals surface area contributed by atoms with E-state index in [-0.39, 0.29) is 18.0 Å². The third-order valence-electron chi connectivity index (χ3n) is 8.22. The molecule has 1 aliphatic carbocycles. The van der Waals surface area contributed by atoms with Gasteiger partial charge in [0.2, 0.25) is 5.91 Å². The number of fused-ring (bicyclic) bond motifs is 1. The average Bonchev–Trinajstić information content (AvgIpc) is 3.72. The quantitative estimate of drug-likeness (QED) is 0.297. The van der Waals surface area contributed by atoms with Crippen molar-refractivity contribution in [2.45, 2.75) is 76.4 Å². The zero-order valence-corrected chi connectivity index (χ0v) is 23.8. The third kappa shape index (κ3) is 6.85. The normalized spacial score (nSPS) is 18.1. The Hall–Kier alpha value is -3.36. The third-order valence-corrected chi connectivity index (χ3v) is 8.22. The van der Waals surface area contributed by atoms with Crippen LogP contribution in [0.25, 0.3) is 10.9 Å². The molecular formula is C32H43N5O3. The number of nitrogens with one attached hydrogen (secondary N) is 2. The molecule has 2 aromatic carbocycles. The molecule has 2 fully saturated rings. The number of hydrogen-bond donors (Lipinski definition) is 3. The first-order valence-corrected chi connectivity index (χ1v) is 14.7. The number of rotatable bonds is 11. The Morgan fingerprint density at radius 3 is 2.62 bits per heavy atom. The summed E-state index contributed by atoms with van der Waals surface area (Å²) in [7, 11) is 1.75. The predicted molar refractivity (Wildman–Crippen MR) is 160 cm³/mol. The standard InChI is InChI=1S/C32H43N5O3/c1-22-28-8-3-4-9-29(28)37(17-6-18-40-2)31(22)24-7-5-16-36(21-24)30(38)20-25(33)19-23-10-12-26(13-11-23)34-32(39)35-27-14-15-27/h3-4,8-13,24-25,27H,5-7,14-21,33H2,1-2H3,(H2,34,35,39). The van der Waals surface area contributed by atoms with Crippen molar-refractivity contribution < 1.29 is 14.3 Å². The summed E-state index contributed by atoms with van der Waals surface area (Å²) in [6.45, 7) is 5.38. The molecule has 3 aromatic rings. The van der Waals surface area contributed by atoms with Crippen LogP contribution in [0.2, 0.25) is 0 Å². The summed E-state index contributed by atoms with van der Waals surface area (Å²) >= 11 is 0. The highest BCUT2D eigenvalue weighted by Crippen LogP contribution is 2.36. The molecule has 5 rings (SSSR count). The van der Waals surface area contributed by atoms with Gasteiger partial charge in [-0.15, -0.1) is 0 Å². The number of nitrogens with two attached hydrogens (primary N) is 1. The highest BCUT2D eigenvalue weighted by Gasteiger charge is 2.30. The lowest BCUT2D eigenvalue weighted by Crippen LogP contribution is -2.42. The van der Waals surface area contributed by atoms with Gasteiger partial charge in [0.1, 0.15) is 0 Å². The number of hydrogen-bond acceptors (Lipinski definition) is 4. The smallest absolute Gasteiger partial charge is 0.319 e. The van der Waals surface area contributed by atoms with Crippen molar-refractivity contribution >= 4 is 28.5 Å². The summed E-state index contributed by atoms with van der Waals surface area (Å²) in [6.07, 6.45) is 6.08. The first-order valence-electron chi connectivity index (χ1n) is 14.7. The van der Waals surface area contributed by atoms with E-state index in [0.29, 0.717) is 24.8 Å². The fourth-order valence-corrected chi connectivity index (χ4v) is 6.09. The van der Waals surface area contributed by atoms with Crippen LogP contribution in [0.15, 0.2) is 48.5 Å². The maximum absolute atomic E-state index is 13.4. The first kappa shape index (κ1) is 28.2. The van der Waals surface area contributed by atoms with Gasteiger partial charge in [-0.25, -0.2) is 4.79 Å². The molecule has 214 valence electrons. The maximum Gasteiger partial charge on any atom is 0.319 e. The summed E-state index contributed by atoms with van der Waals surface area (Å²) in [6, 6.07) is 16.2. The molecule has 0 spiro atoms. The van der Waals surface area contributed by atoms with Crippen molar-refractivity contribution in [3.63, 3.8) is 0 Å². The van der Waals surface area contributed by atoms with Crippen molar-refractivity contribution in [3.05, 3.63) is 65.4 Å². The number of carbonyl (C=O) groups excluding carboxylic acids is 2. The van der Waals surface area contributed by atoms with E-state index in [1.54, 1.807) is 7.11 Å². The van der Waals surface area contributed by atoms with Gasteiger partial charge in [-0.3, -0.25) is 4.79 Å². The van der Waals surface area contributed by atoms with Crippen molar-refractivity contribution in [1.29, 1.82) is 0 Å². The number of nitrogens with zero attached hydrogens (tertiary/aromatic N) is 2. The van der Waals surface area contributed by atoms with E-state index in [2.05, 4.69) is 46.4 Å². The molecule has 2 unspecified atom stereocenters. The van der Waals surface area contributed by atoms with Crippen LogP contribution in [-0.4, -0.2) is 60.3 Å². The topological polar surface area (TPSA) is 102 Å². The van der Waals surface area contributed by atoms with Crippen LogP contribution in [0.4, 0.5) is 10.5 Å². The number of ether oxygens (including phenoxy) is 1. The zero-order valence-electron chi connectivity index (χ0n) is 23.8. The Morgan fingerprint density at radius 1 is 1.10 bits per heavy atom. The van der Waals surface area contributed by atoms with Crippen LogP contribution in [0.5, 0.6) is 0 Å². The minimum atomic E-state index is -0.257. The summed E-state index contributed by atoms with van der Waals surface area (Å²) in [5, 5.41) is 7.08. The summed E-state index contributed by atoms with van der Waals surface area (Å²) < 4.78 is 7.79. The van der Waals surface area contributed by atoms with Crippen molar-refractivity contribution in [3.8, 4) is 0 Å². The molecule has 1 aromatic heterocycles. The van der Waals surface area contributed by atoms with E-state index in [1.165, 1.54) is 22.2 Å². The summed E-state index contributed by atoms with van der Waals surface area (Å²) in [4.78, 5) is 27.4. The van der Waals surface area contributed by atoms with E-state index < -0.39 is 0 Å². The number of likely N-dealkylation sites (tertiary alicyclic amines) is 1. The van der Waals surface area contributed by atoms with Crippen LogP contribution in [0.1, 0.15) is 61.3 Å². The molecule has 1 saturated heterocycles. The average molecular weight is 546 g/mol. The van der Waals surface area contributed by atoms with Gasteiger partial charge in [-0.05, 0) is 74.8 Å². The fraction of sp³-hybridized carbons (Fsp3) is 0.500. The number of urea groups is 1. The van der Waals surface area contributed by atoms with Crippen LogP contribution in [-0.2, 0) is 22.5 Å². The second kappa shape index (κ2) is 12.9. The molecule has 2 aliphatic rings. The molecule has 0 radical (unpaired) electrons. The number of aryl methyl sites for hydroxylation is 2. The van der Waals surface area contributed by atoms with Crippen molar-refractivity contribution in [2.24, 2.45) is 5.73 Å². The van der Waals surface area contributed by atoms with Gasteiger partial charge in [0, 0.05) is 80.1 Å². The molecule has 2 heterocycles. The monoisotopic (exact) mass is 545 g/mol. The fourth-order valence-electron chi connectivity index (χ4n) is 6.09. The van der Waals surface area contributed by atoms with Crippen LogP contribution >= 0.6 is 0 Å². The molecule has 40 heavy (non-hydrogen) atoms. The van der Waals surface area contributed by atoms with Gasteiger partial charge < -0.3 is 30.6 Å². The van der Waals surface area contributed by atoms with E-state index in [4.69, 9.17) is 10.5 Å². The summed E-state index contributed by atoms with van der Waals surface area (Å²) in [5.74, 6) is 0.438. The minimum absolute atomic E-state index is 0.131. The molecule has 8 nitrogen and oxygen atoms in total. The lowest BCUT2D eigenvalue weighted by molar-refractivity contribution is -0.132. The molecule has 4 N–H and O–H groups in total. The van der Waals surface area contributed by atoms with Gasteiger partial charge in [0.25, 0.3) is 0 Å². The first-order chi connectivity index (χ1) is 19.4. The van der Waals surface area contributed by atoms with Crippen LogP contribution < -0.4 is 16.4 Å². The van der Waals surface area contributed by atoms with E-state index in [0.717, 1.165) is 69.6 Å². The number of piperidine rings is 1. The minimum Gasteiger partial charge on any atom is -0.385 e. The molecule has 1 saturated carbocycles. The van der Waals surface area contributed by atoms with E-state index in [9.17, 15) is 9.59 Å². The molecule has 3 amide bonds. The van der Waals surface area contributed by atoms with E-state index >= 15 is 0 Å². The molecule has 0 bridgehead atoms. The van der Waals surface area contributed by atoms with Gasteiger partial charge in [-0.1, -0.05) is 30.3 Å². The van der Waals surface area contributed by atoms with Crippen molar-refractivity contribution in [2.75, 3.05) is 32.1 Å². The number of para-hydroxylation sites is 1. The molecule has 8 heteroatoms. The second-order valence-electron chi connectivity index (χ2n) is 11.4. The van der Waals surface area contributed by atoms with Crippen LogP contribution in [0.3, 0.4) is 0 Å². The lowest BCUT2D eigenvalue weighted by Gasteiger charge is -2.34. The highest BCUT2D eigenvalue weighted by atomic mass is 16.5. The number of methoxy groups -OCH3 is 1. The van der Waals surface area contributed by atoms with Gasteiger partial charge in [0.05, 0.1) is 0 Å². The Kier molecular flexibility index (Phi) is 9.07. The lowest BCUT2D eigenvalue weighted by atomic mass is 9.91. The number of aromatic nitrogens is 1. The maximum atomic E-state index is 13.4. The molecule has 1 aliphatic heterocycles. The Morgan fingerprint density at radius 2 is 1.88 bits per heavy atom. The Balaban J connectivity index is 1.19. The molecule has 2 atom stereocenters. The van der Waals surface area contributed by atoms with Gasteiger partial charge in [-0.2, -0.15) is 0 Å². The Labute approximate surface area is 237 Å². The largest absolute Gasteiger partial charge is 0.385 e. The zero-order chi connectivity index (χ0) is 28.1. The second-order valence-corrected chi connectivity index (χ2v) is 11.4. The number of amides is 3. The van der Waals surface area contributed by atoms with Crippen LogP contribution in [0, 0.1) is 6.92 Å².